The Morgan fingerprint density at radius 1 is 1.08 bits per heavy atom. The first-order valence-corrected chi connectivity index (χ1v) is 13.1. The highest BCUT2D eigenvalue weighted by Crippen LogP contribution is 2.29. The number of nitrogens with zero attached hydrogens (tertiary/aromatic N) is 3. The molecule has 0 saturated heterocycles. The standard InChI is InChI=1S/C29H28BrN3O5/c1-4-18(3)27-32-24-12-11-22(30)15-23(24)28(34)33(27)31-16-20-8-13-25(26(14-20)37-5-2)38-17-19-6-9-21(10-7-19)29(35)36/h6-16,18H,4-5,17H2,1-3H3,(H,35,36)/t18-/m0/s1. The van der Waals surface area contributed by atoms with Gasteiger partial charge in [0.05, 0.1) is 29.3 Å². The minimum Gasteiger partial charge on any atom is -0.490 e. The largest absolute Gasteiger partial charge is 0.490 e. The predicted octanol–water partition coefficient (Wildman–Crippen LogP) is 6.23. The molecule has 1 aromatic heterocycles. The first kappa shape index (κ1) is 27.1. The second-order valence-electron chi connectivity index (χ2n) is 8.73. The highest BCUT2D eigenvalue weighted by molar-refractivity contribution is 9.10. The monoisotopic (exact) mass is 577 g/mol. The van der Waals surface area contributed by atoms with Gasteiger partial charge in [-0.1, -0.05) is 41.9 Å². The summed E-state index contributed by atoms with van der Waals surface area (Å²) in [5, 5.41) is 14.1. The minimum absolute atomic E-state index is 0.0345. The number of aromatic nitrogens is 2. The lowest BCUT2D eigenvalue weighted by atomic mass is 10.1. The van der Waals surface area contributed by atoms with Crippen molar-refractivity contribution < 1.29 is 19.4 Å². The van der Waals surface area contributed by atoms with Gasteiger partial charge < -0.3 is 14.6 Å². The highest BCUT2D eigenvalue weighted by atomic mass is 79.9. The molecule has 0 fully saturated rings. The summed E-state index contributed by atoms with van der Waals surface area (Å²) >= 11 is 3.43. The Labute approximate surface area is 228 Å². The minimum atomic E-state index is -0.973. The predicted molar refractivity (Wildman–Crippen MR) is 151 cm³/mol. The number of rotatable bonds is 10. The summed E-state index contributed by atoms with van der Waals surface area (Å²) < 4.78 is 13.9. The van der Waals surface area contributed by atoms with Crippen molar-refractivity contribution in [2.45, 2.75) is 39.7 Å². The molecule has 0 unspecified atom stereocenters. The third kappa shape index (κ3) is 6.11. The molecule has 0 bridgehead atoms. The van der Waals surface area contributed by atoms with Gasteiger partial charge in [-0.15, -0.1) is 0 Å². The summed E-state index contributed by atoms with van der Waals surface area (Å²) in [7, 11) is 0. The average molecular weight is 578 g/mol. The van der Waals surface area contributed by atoms with E-state index in [9.17, 15) is 9.59 Å². The number of carbonyl (C=O) groups is 1. The SMILES string of the molecule is CCOc1cc(C=Nn2c([C@@H](C)CC)nc3ccc(Br)cc3c2=O)ccc1OCc1ccc(C(=O)O)cc1. The molecule has 1 heterocycles. The zero-order chi connectivity index (χ0) is 27.2. The van der Waals surface area contributed by atoms with Crippen LogP contribution in [0, 0.1) is 0 Å². The number of aromatic carboxylic acids is 1. The lowest BCUT2D eigenvalue weighted by Crippen LogP contribution is -2.23. The quantitative estimate of drug-likeness (QED) is 0.224. The number of hydrogen-bond acceptors (Lipinski definition) is 6. The molecule has 1 N–H and O–H groups in total. The van der Waals surface area contributed by atoms with Gasteiger partial charge in [0.2, 0.25) is 0 Å². The normalized spacial score (nSPS) is 12.1. The number of hydrogen-bond donors (Lipinski definition) is 1. The van der Waals surface area contributed by atoms with Crippen LogP contribution in [0.4, 0.5) is 0 Å². The molecule has 38 heavy (non-hydrogen) atoms. The number of halogens is 1. The summed E-state index contributed by atoms with van der Waals surface area (Å²) in [4.78, 5) is 29.2. The topological polar surface area (TPSA) is 103 Å². The maximum atomic E-state index is 13.4. The van der Waals surface area contributed by atoms with E-state index < -0.39 is 5.97 Å². The molecule has 0 aliphatic heterocycles. The summed E-state index contributed by atoms with van der Waals surface area (Å²) in [5.74, 6) is 0.739. The molecule has 0 saturated carbocycles. The fourth-order valence-corrected chi connectivity index (χ4v) is 4.16. The zero-order valence-corrected chi connectivity index (χ0v) is 22.9. The second kappa shape index (κ2) is 12.0. The molecular formula is C29H28BrN3O5. The molecule has 4 aromatic rings. The van der Waals surface area contributed by atoms with Crippen LogP contribution in [0.25, 0.3) is 10.9 Å². The highest BCUT2D eigenvalue weighted by Gasteiger charge is 2.16. The van der Waals surface area contributed by atoms with Crippen LogP contribution >= 0.6 is 15.9 Å². The Kier molecular flexibility index (Phi) is 8.58. The van der Waals surface area contributed by atoms with Crippen molar-refractivity contribution in [3.63, 3.8) is 0 Å². The van der Waals surface area contributed by atoms with Crippen LogP contribution in [0.1, 0.15) is 60.4 Å². The summed E-state index contributed by atoms with van der Waals surface area (Å²) in [6.45, 7) is 6.63. The maximum Gasteiger partial charge on any atom is 0.335 e. The first-order valence-electron chi connectivity index (χ1n) is 12.3. The number of fused-ring (bicyclic) bond motifs is 1. The fraction of sp³-hybridized carbons (Fsp3) is 0.241. The van der Waals surface area contributed by atoms with Gasteiger partial charge in [0, 0.05) is 10.4 Å². The van der Waals surface area contributed by atoms with Crippen LogP contribution in [0.15, 0.2) is 75.0 Å². The van der Waals surface area contributed by atoms with Gasteiger partial charge in [-0.3, -0.25) is 4.79 Å². The van der Waals surface area contributed by atoms with Gasteiger partial charge >= 0.3 is 5.97 Å². The van der Waals surface area contributed by atoms with E-state index in [4.69, 9.17) is 19.6 Å². The fourth-order valence-electron chi connectivity index (χ4n) is 3.80. The summed E-state index contributed by atoms with van der Waals surface area (Å²) in [5.41, 5.74) is 2.18. The molecule has 1 atom stereocenters. The zero-order valence-electron chi connectivity index (χ0n) is 21.3. The van der Waals surface area contributed by atoms with Crippen molar-refractivity contribution in [1.29, 1.82) is 0 Å². The van der Waals surface area contributed by atoms with E-state index in [-0.39, 0.29) is 23.6 Å². The third-order valence-corrected chi connectivity index (χ3v) is 6.56. The van der Waals surface area contributed by atoms with Gasteiger partial charge in [0.25, 0.3) is 5.56 Å². The van der Waals surface area contributed by atoms with E-state index in [1.165, 1.54) is 4.68 Å². The van der Waals surface area contributed by atoms with E-state index >= 15 is 0 Å². The van der Waals surface area contributed by atoms with E-state index in [0.29, 0.717) is 34.8 Å². The van der Waals surface area contributed by atoms with Crippen molar-refractivity contribution in [3.8, 4) is 11.5 Å². The first-order chi connectivity index (χ1) is 18.3. The van der Waals surface area contributed by atoms with Gasteiger partial charge in [0.1, 0.15) is 12.4 Å². The molecule has 9 heteroatoms. The lowest BCUT2D eigenvalue weighted by molar-refractivity contribution is 0.0697. The maximum absolute atomic E-state index is 13.4. The van der Waals surface area contributed by atoms with Crippen molar-refractivity contribution in [2.75, 3.05) is 6.61 Å². The molecule has 0 spiro atoms. The molecule has 0 radical (unpaired) electrons. The molecule has 0 amide bonds. The average Bonchev–Trinajstić information content (AvgIpc) is 2.92. The number of ether oxygens (including phenoxy) is 2. The third-order valence-electron chi connectivity index (χ3n) is 6.07. The van der Waals surface area contributed by atoms with Crippen molar-refractivity contribution in [2.24, 2.45) is 5.10 Å². The molecular weight excluding hydrogens is 550 g/mol. The number of carboxylic acid groups (broad SMARTS) is 1. The Morgan fingerprint density at radius 2 is 1.84 bits per heavy atom. The Morgan fingerprint density at radius 3 is 2.53 bits per heavy atom. The molecule has 196 valence electrons. The van der Waals surface area contributed by atoms with E-state index in [0.717, 1.165) is 22.0 Å². The van der Waals surface area contributed by atoms with Crippen LogP contribution in [0.3, 0.4) is 0 Å². The van der Waals surface area contributed by atoms with E-state index in [1.807, 2.05) is 39.0 Å². The van der Waals surface area contributed by atoms with Gasteiger partial charge in [-0.25, -0.2) is 9.78 Å². The smallest absolute Gasteiger partial charge is 0.335 e. The van der Waals surface area contributed by atoms with Gasteiger partial charge in [-0.2, -0.15) is 9.78 Å². The molecule has 8 nitrogen and oxygen atoms in total. The second-order valence-corrected chi connectivity index (χ2v) is 9.65. The van der Waals surface area contributed by atoms with Gasteiger partial charge in [0.15, 0.2) is 11.5 Å². The van der Waals surface area contributed by atoms with E-state index in [1.54, 1.807) is 48.7 Å². The molecule has 0 aliphatic rings. The summed E-state index contributed by atoms with van der Waals surface area (Å²) in [6, 6.07) is 17.4. The van der Waals surface area contributed by atoms with Crippen molar-refractivity contribution in [3.05, 3.63) is 98.0 Å². The number of benzene rings is 3. The van der Waals surface area contributed by atoms with Crippen molar-refractivity contribution in [1.82, 2.24) is 9.66 Å². The van der Waals surface area contributed by atoms with Crippen LogP contribution in [0.2, 0.25) is 0 Å². The van der Waals surface area contributed by atoms with Crippen molar-refractivity contribution >= 4 is 39.0 Å². The van der Waals surface area contributed by atoms with Crippen LogP contribution in [-0.4, -0.2) is 33.6 Å². The Bertz CT molecular complexity index is 1550. The summed E-state index contributed by atoms with van der Waals surface area (Å²) in [6.07, 6.45) is 2.42. The van der Waals surface area contributed by atoms with Crippen LogP contribution < -0.4 is 15.0 Å². The number of carboxylic acids is 1. The van der Waals surface area contributed by atoms with Crippen LogP contribution in [-0.2, 0) is 6.61 Å². The molecule has 4 rings (SSSR count). The lowest BCUT2D eigenvalue weighted by Gasteiger charge is -2.14. The van der Waals surface area contributed by atoms with Gasteiger partial charge in [-0.05, 0) is 73.0 Å². The molecule has 0 aliphatic carbocycles. The van der Waals surface area contributed by atoms with E-state index in [2.05, 4.69) is 21.0 Å². The molecule has 3 aromatic carbocycles. The van der Waals surface area contributed by atoms with Crippen LogP contribution in [0.5, 0.6) is 11.5 Å². The Balaban J connectivity index is 1.63. The Hall–Kier alpha value is -3.98.